The number of anilines is 1. The summed E-state index contributed by atoms with van der Waals surface area (Å²) in [6.07, 6.45) is 1.68. The molecule has 0 spiro atoms. The lowest BCUT2D eigenvalue weighted by Gasteiger charge is -2.42. The summed E-state index contributed by atoms with van der Waals surface area (Å²) in [5, 5.41) is 10.8. The Hall–Kier alpha value is -3.92. The van der Waals surface area contributed by atoms with E-state index < -0.39 is 28.8 Å². The van der Waals surface area contributed by atoms with Crippen LogP contribution < -0.4 is 10.6 Å². The predicted molar refractivity (Wildman–Crippen MR) is 152 cm³/mol. The van der Waals surface area contributed by atoms with Gasteiger partial charge < -0.3 is 10.0 Å². The number of aromatic nitrogens is 4. The van der Waals surface area contributed by atoms with Crippen molar-refractivity contribution in [3.8, 4) is 22.7 Å². The van der Waals surface area contributed by atoms with Crippen molar-refractivity contribution in [2.75, 3.05) is 24.5 Å². The summed E-state index contributed by atoms with van der Waals surface area (Å²) < 4.78 is 32.0. The van der Waals surface area contributed by atoms with Crippen molar-refractivity contribution < 1.29 is 13.9 Å². The normalized spacial score (nSPS) is 16.4. The lowest BCUT2D eigenvalue weighted by atomic mass is 10.0. The van der Waals surface area contributed by atoms with Crippen LogP contribution in [-0.4, -0.2) is 61.2 Å². The smallest absolute Gasteiger partial charge is 0.355 e. The summed E-state index contributed by atoms with van der Waals surface area (Å²) in [6, 6.07) is 7.11. The Kier molecular flexibility index (Phi) is 7.31. The fourth-order valence-corrected chi connectivity index (χ4v) is 5.50. The minimum atomic E-state index is -0.832. The summed E-state index contributed by atoms with van der Waals surface area (Å²) in [5.41, 5.74) is 0.679. The summed E-state index contributed by atoms with van der Waals surface area (Å²) in [5.74, 6) is -1.83. The van der Waals surface area contributed by atoms with Crippen molar-refractivity contribution in [2.45, 2.75) is 59.5 Å². The van der Waals surface area contributed by atoms with Crippen LogP contribution in [0.2, 0.25) is 0 Å². The van der Waals surface area contributed by atoms with Crippen LogP contribution in [0.1, 0.15) is 51.8 Å². The van der Waals surface area contributed by atoms with Gasteiger partial charge in [0, 0.05) is 37.9 Å². The Morgan fingerprint density at radius 2 is 1.80 bits per heavy atom. The number of hydrogen-bond donors (Lipinski definition) is 1. The average molecular weight is 549 g/mol. The second-order valence-electron chi connectivity index (χ2n) is 11.0. The molecule has 210 valence electrons. The van der Waals surface area contributed by atoms with Crippen LogP contribution in [0.25, 0.3) is 28.0 Å². The number of aromatic hydroxyl groups is 1. The quantitative estimate of drug-likeness (QED) is 0.368. The molecule has 1 fully saturated rings. The zero-order valence-electron chi connectivity index (χ0n) is 23.6. The molecule has 1 aliphatic heterocycles. The van der Waals surface area contributed by atoms with Crippen LogP contribution in [0.3, 0.4) is 0 Å². The number of benzene rings is 1. The van der Waals surface area contributed by atoms with Gasteiger partial charge in [-0.3, -0.25) is 9.88 Å². The molecule has 1 saturated heterocycles. The van der Waals surface area contributed by atoms with Crippen LogP contribution >= 0.6 is 0 Å². The molecule has 0 radical (unpaired) electrons. The van der Waals surface area contributed by atoms with Crippen LogP contribution in [0.5, 0.6) is 5.75 Å². The number of phenolic OH excluding ortho intramolecular Hbond substituents is 1. The first-order valence-electron chi connectivity index (χ1n) is 13.6. The van der Waals surface area contributed by atoms with Gasteiger partial charge in [-0.15, -0.1) is 0 Å². The molecule has 1 unspecified atom stereocenters. The molecule has 4 heterocycles. The summed E-state index contributed by atoms with van der Waals surface area (Å²) in [6.45, 7) is 14.2. The Morgan fingerprint density at radius 3 is 2.45 bits per heavy atom. The lowest BCUT2D eigenvalue weighted by Crippen LogP contribution is -2.54. The van der Waals surface area contributed by atoms with E-state index in [4.69, 9.17) is 0 Å². The minimum Gasteiger partial charge on any atom is -0.507 e. The average Bonchev–Trinajstić information content (AvgIpc) is 2.89. The Bertz CT molecular complexity index is 1630. The van der Waals surface area contributed by atoms with E-state index in [-0.39, 0.29) is 23.2 Å². The molecule has 3 aromatic heterocycles. The van der Waals surface area contributed by atoms with E-state index in [2.05, 4.69) is 33.7 Å². The highest BCUT2D eigenvalue weighted by Gasteiger charge is 2.30. The van der Waals surface area contributed by atoms with Crippen molar-refractivity contribution in [1.29, 1.82) is 0 Å². The monoisotopic (exact) mass is 548 g/mol. The van der Waals surface area contributed by atoms with Crippen molar-refractivity contribution in [3.63, 3.8) is 0 Å². The number of phenols is 1. The second kappa shape index (κ2) is 10.6. The SMILES string of the molecule is Cc1ccnc(C(C)C)c1-n1c(=O)nc(N2CCN(C(C)C)CC2C)c2cc(F)c(-c3c(O)cccc3F)nc21. The number of piperazine rings is 1. The predicted octanol–water partition coefficient (Wildman–Crippen LogP) is 5.18. The van der Waals surface area contributed by atoms with Gasteiger partial charge in [0.05, 0.1) is 22.3 Å². The third kappa shape index (κ3) is 4.70. The van der Waals surface area contributed by atoms with Crippen LogP contribution in [-0.2, 0) is 0 Å². The third-order valence-electron chi connectivity index (χ3n) is 7.62. The Labute approximate surface area is 231 Å². The maximum Gasteiger partial charge on any atom is 0.355 e. The molecule has 0 saturated carbocycles. The fourth-order valence-electron chi connectivity index (χ4n) is 5.50. The summed E-state index contributed by atoms with van der Waals surface area (Å²) in [4.78, 5) is 31.8. The lowest BCUT2D eigenvalue weighted by molar-refractivity contribution is 0.185. The largest absolute Gasteiger partial charge is 0.507 e. The van der Waals surface area contributed by atoms with Gasteiger partial charge in [-0.05, 0) is 63.4 Å². The highest BCUT2D eigenvalue weighted by molar-refractivity contribution is 5.91. The van der Waals surface area contributed by atoms with Gasteiger partial charge in [0.1, 0.15) is 23.1 Å². The van der Waals surface area contributed by atoms with Crippen molar-refractivity contribution in [2.24, 2.45) is 0 Å². The number of rotatable bonds is 5. The molecule has 1 atom stereocenters. The van der Waals surface area contributed by atoms with Gasteiger partial charge in [-0.2, -0.15) is 4.98 Å². The molecule has 40 heavy (non-hydrogen) atoms. The molecule has 8 nitrogen and oxygen atoms in total. The highest BCUT2D eigenvalue weighted by atomic mass is 19.1. The molecule has 0 bridgehead atoms. The second-order valence-corrected chi connectivity index (χ2v) is 11.0. The van der Waals surface area contributed by atoms with Gasteiger partial charge in [-0.25, -0.2) is 23.1 Å². The number of hydrogen-bond acceptors (Lipinski definition) is 7. The highest BCUT2D eigenvalue weighted by Crippen LogP contribution is 2.36. The van der Waals surface area contributed by atoms with Gasteiger partial charge >= 0.3 is 5.69 Å². The topological polar surface area (TPSA) is 87.4 Å². The van der Waals surface area contributed by atoms with E-state index in [1.54, 1.807) is 12.3 Å². The van der Waals surface area contributed by atoms with Crippen LogP contribution in [0, 0.1) is 18.6 Å². The van der Waals surface area contributed by atoms with Gasteiger partial charge in [0.25, 0.3) is 0 Å². The van der Waals surface area contributed by atoms with Crippen molar-refractivity contribution in [3.05, 3.63) is 69.9 Å². The maximum atomic E-state index is 15.8. The van der Waals surface area contributed by atoms with E-state index in [0.717, 1.165) is 24.7 Å². The van der Waals surface area contributed by atoms with Gasteiger partial charge in [0.15, 0.2) is 11.5 Å². The molecule has 10 heteroatoms. The van der Waals surface area contributed by atoms with Crippen molar-refractivity contribution >= 4 is 16.9 Å². The Balaban J connectivity index is 1.85. The van der Waals surface area contributed by atoms with E-state index in [1.807, 2.05) is 32.6 Å². The molecular weight excluding hydrogens is 514 g/mol. The van der Waals surface area contributed by atoms with E-state index >= 15 is 4.39 Å². The first kappa shape index (κ1) is 27.6. The molecule has 5 rings (SSSR count). The summed E-state index contributed by atoms with van der Waals surface area (Å²) in [7, 11) is 0. The molecule has 1 N–H and O–H groups in total. The van der Waals surface area contributed by atoms with Crippen LogP contribution in [0.15, 0.2) is 41.3 Å². The number of aryl methyl sites for hydroxylation is 1. The molecule has 1 aromatic carbocycles. The molecule has 0 aliphatic carbocycles. The van der Waals surface area contributed by atoms with Crippen molar-refractivity contribution in [1.82, 2.24) is 24.4 Å². The fraction of sp³-hybridized carbons (Fsp3) is 0.400. The number of halogens is 2. The number of pyridine rings is 2. The zero-order valence-corrected chi connectivity index (χ0v) is 23.6. The molecule has 4 aromatic rings. The van der Waals surface area contributed by atoms with E-state index in [0.29, 0.717) is 35.2 Å². The zero-order chi connectivity index (χ0) is 28.9. The maximum absolute atomic E-state index is 15.8. The van der Waals surface area contributed by atoms with Gasteiger partial charge in [-0.1, -0.05) is 19.9 Å². The van der Waals surface area contributed by atoms with E-state index in [9.17, 15) is 14.3 Å². The molecule has 0 amide bonds. The standard InChI is InChI=1S/C30H34F2N6O2/c1-16(2)25-27(18(5)10-11-33-25)38-29-20(14-22(32)26(34-29)24-21(31)8-7-9-23(24)39)28(35-30(38)40)37-13-12-36(17(3)4)15-19(37)6/h7-11,14,16-17,19,39H,12-13,15H2,1-6H3. The Morgan fingerprint density at radius 1 is 1.05 bits per heavy atom. The molecule has 1 aliphatic rings. The first-order valence-corrected chi connectivity index (χ1v) is 13.6. The van der Waals surface area contributed by atoms with E-state index in [1.165, 1.54) is 22.8 Å². The number of nitrogens with zero attached hydrogens (tertiary/aromatic N) is 6. The van der Waals surface area contributed by atoms with Gasteiger partial charge in [0.2, 0.25) is 0 Å². The first-order chi connectivity index (χ1) is 19.0. The summed E-state index contributed by atoms with van der Waals surface area (Å²) >= 11 is 0. The minimum absolute atomic E-state index is 0.00759. The third-order valence-corrected chi connectivity index (χ3v) is 7.62. The number of fused-ring (bicyclic) bond motifs is 1. The van der Waals surface area contributed by atoms with Crippen LogP contribution in [0.4, 0.5) is 14.6 Å². The molecular formula is C30H34F2N6O2.